The average molecular weight is 286 g/mol. The highest BCUT2D eigenvalue weighted by molar-refractivity contribution is 6.43. The molecule has 1 aromatic carbocycles. The number of carbonyl (C=O) groups is 1. The zero-order chi connectivity index (χ0) is 15.0. The summed E-state index contributed by atoms with van der Waals surface area (Å²) in [5.41, 5.74) is 13.0. The number of rotatable bonds is 3. The number of furan rings is 1. The number of amidine groups is 1. The van der Waals surface area contributed by atoms with Crippen LogP contribution in [0.1, 0.15) is 11.7 Å². The lowest BCUT2D eigenvalue weighted by Gasteiger charge is -2.32. The van der Waals surface area contributed by atoms with E-state index in [-0.39, 0.29) is 5.84 Å². The third kappa shape index (κ3) is 2.13. The second kappa shape index (κ2) is 4.95. The number of fused-ring (bicyclic) bond motifs is 1. The minimum Gasteiger partial charge on any atom is -0.497 e. The molecular weight excluding hydrogens is 272 g/mol. The molecule has 21 heavy (non-hydrogen) atoms. The first-order valence-corrected chi connectivity index (χ1v) is 6.26. The number of carbonyl (C=O) groups excluding carboxylic acids is 1. The highest BCUT2D eigenvalue weighted by atomic mass is 16.5. The average Bonchev–Trinajstić information content (AvgIpc) is 2.96. The van der Waals surface area contributed by atoms with Gasteiger partial charge in [-0.15, -0.1) is 0 Å². The zero-order valence-electron chi connectivity index (χ0n) is 11.3. The molecule has 1 unspecified atom stereocenters. The Labute approximate surface area is 120 Å². The molecule has 4 N–H and O–H groups in total. The van der Waals surface area contributed by atoms with Crippen LogP contribution in [0.15, 0.2) is 46.0 Å². The van der Waals surface area contributed by atoms with Crippen molar-refractivity contribution in [2.24, 2.45) is 16.5 Å². The molecule has 2 heterocycles. The van der Waals surface area contributed by atoms with Gasteiger partial charge in [-0.25, -0.2) is 0 Å². The van der Waals surface area contributed by atoms with Crippen LogP contribution >= 0.6 is 0 Å². The Kier molecular flexibility index (Phi) is 3.11. The van der Waals surface area contributed by atoms with E-state index in [4.69, 9.17) is 20.6 Å². The Morgan fingerprint density at radius 2 is 2.05 bits per heavy atom. The summed E-state index contributed by atoms with van der Waals surface area (Å²) in [6.45, 7) is 0. The van der Waals surface area contributed by atoms with Crippen molar-refractivity contribution in [2.75, 3.05) is 12.0 Å². The SMILES string of the molecule is COc1ccc(N2C(C(N)=O)=Nc3occc3C2N)cc1. The Bertz CT molecular complexity index is 705. The van der Waals surface area contributed by atoms with E-state index in [1.165, 1.54) is 6.26 Å². The van der Waals surface area contributed by atoms with Gasteiger partial charge in [-0.2, -0.15) is 4.99 Å². The second-order valence-electron chi connectivity index (χ2n) is 4.49. The molecule has 1 atom stereocenters. The Morgan fingerprint density at radius 1 is 1.33 bits per heavy atom. The van der Waals surface area contributed by atoms with Crippen LogP contribution in [0.25, 0.3) is 0 Å². The van der Waals surface area contributed by atoms with Crippen LogP contribution in [-0.4, -0.2) is 18.9 Å². The van der Waals surface area contributed by atoms with E-state index in [1.807, 2.05) is 0 Å². The third-order valence-electron chi connectivity index (χ3n) is 3.28. The molecule has 0 saturated carbocycles. The smallest absolute Gasteiger partial charge is 0.284 e. The number of benzene rings is 1. The Balaban J connectivity index is 2.08. The molecule has 7 nitrogen and oxygen atoms in total. The predicted molar refractivity (Wildman–Crippen MR) is 77.4 cm³/mol. The monoisotopic (exact) mass is 286 g/mol. The van der Waals surface area contributed by atoms with Crippen molar-refractivity contribution >= 4 is 23.3 Å². The number of anilines is 1. The first kappa shape index (κ1) is 13.2. The summed E-state index contributed by atoms with van der Waals surface area (Å²) in [6.07, 6.45) is 0.872. The molecule has 3 rings (SSSR count). The van der Waals surface area contributed by atoms with Gasteiger partial charge in [-0.3, -0.25) is 4.79 Å². The molecule has 0 radical (unpaired) electrons. The fraction of sp³-hybridized carbons (Fsp3) is 0.143. The molecule has 0 fully saturated rings. The summed E-state index contributed by atoms with van der Waals surface area (Å²) >= 11 is 0. The maximum Gasteiger partial charge on any atom is 0.284 e. The first-order valence-electron chi connectivity index (χ1n) is 6.26. The van der Waals surface area contributed by atoms with Gasteiger partial charge in [0.25, 0.3) is 5.91 Å². The lowest BCUT2D eigenvalue weighted by molar-refractivity contribution is -0.112. The topological polar surface area (TPSA) is 107 Å². The molecule has 1 aliphatic rings. The van der Waals surface area contributed by atoms with E-state index in [9.17, 15) is 4.79 Å². The van der Waals surface area contributed by atoms with E-state index < -0.39 is 12.1 Å². The van der Waals surface area contributed by atoms with Gasteiger partial charge < -0.3 is 25.5 Å². The summed E-state index contributed by atoms with van der Waals surface area (Å²) in [5.74, 6) is 0.366. The molecule has 7 heteroatoms. The summed E-state index contributed by atoms with van der Waals surface area (Å²) in [7, 11) is 1.58. The number of methoxy groups -OCH3 is 1. The Morgan fingerprint density at radius 3 is 2.67 bits per heavy atom. The molecular formula is C14H14N4O3. The van der Waals surface area contributed by atoms with Crippen molar-refractivity contribution in [1.29, 1.82) is 0 Å². The summed E-state index contributed by atoms with van der Waals surface area (Å²) < 4.78 is 10.3. The number of aliphatic imine (C=N–C) groups is 1. The molecule has 1 amide bonds. The van der Waals surface area contributed by atoms with Gasteiger partial charge in [-0.1, -0.05) is 0 Å². The van der Waals surface area contributed by atoms with Crippen molar-refractivity contribution in [3.63, 3.8) is 0 Å². The summed E-state index contributed by atoms with van der Waals surface area (Å²) in [5, 5.41) is 0. The lowest BCUT2D eigenvalue weighted by atomic mass is 10.1. The van der Waals surface area contributed by atoms with Gasteiger partial charge in [0.15, 0.2) is 0 Å². The van der Waals surface area contributed by atoms with Crippen molar-refractivity contribution < 1.29 is 13.9 Å². The lowest BCUT2D eigenvalue weighted by Crippen LogP contribution is -2.47. The van der Waals surface area contributed by atoms with Crippen molar-refractivity contribution in [3.05, 3.63) is 42.2 Å². The van der Waals surface area contributed by atoms with Gasteiger partial charge in [0.05, 0.1) is 18.9 Å². The van der Waals surface area contributed by atoms with Gasteiger partial charge in [0.2, 0.25) is 11.7 Å². The fourth-order valence-corrected chi connectivity index (χ4v) is 2.25. The molecule has 108 valence electrons. The van der Waals surface area contributed by atoms with Gasteiger partial charge in [0.1, 0.15) is 11.9 Å². The van der Waals surface area contributed by atoms with Crippen LogP contribution in [-0.2, 0) is 4.79 Å². The highest BCUT2D eigenvalue weighted by Crippen LogP contribution is 2.36. The van der Waals surface area contributed by atoms with E-state index >= 15 is 0 Å². The van der Waals surface area contributed by atoms with Crippen LogP contribution in [0, 0.1) is 0 Å². The number of ether oxygens (including phenoxy) is 1. The molecule has 0 aliphatic carbocycles. The standard InChI is InChI=1S/C14H14N4O3/c1-20-9-4-2-8(3-5-9)18-11(15)10-6-7-21-14(10)17-13(18)12(16)19/h2-7,11H,15H2,1H3,(H2,16,19). The van der Waals surface area contributed by atoms with E-state index in [0.29, 0.717) is 22.9 Å². The maximum atomic E-state index is 11.7. The minimum absolute atomic E-state index is 0.0371. The quantitative estimate of drug-likeness (QED) is 0.883. The van der Waals surface area contributed by atoms with Crippen LogP contribution < -0.4 is 21.1 Å². The highest BCUT2D eigenvalue weighted by Gasteiger charge is 2.33. The molecule has 1 aliphatic heterocycles. The van der Waals surface area contributed by atoms with Crippen molar-refractivity contribution in [3.8, 4) is 5.75 Å². The Hall–Kier alpha value is -2.80. The normalized spacial score (nSPS) is 17.1. The molecule has 0 spiro atoms. The number of nitrogens with two attached hydrogens (primary N) is 2. The number of nitrogens with zero attached hydrogens (tertiary/aromatic N) is 2. The van der Waals surface area contributed by atoms with Crippen molar-refractivity contribution in [2.45, 2.75) is 6.17 Å². The largest absolute Gasteiger partial charge is 0.497 e. The summed E-state index contributed by atoms with van der Waals surface area (Å²) in [6, 6.07) is 8.82. The molecule has 0 saturated heterocycles. The van der Waals surface area contributed by atoms with Crippen LogP contribution in [0.5, 0.6) is 5.75 Å². The van der Waals surface area contributed by atoms with Crippen LogP contribution in [0.4, 0.5) is 11.6 Å². The second-order valence-corrected chi connectivity index (χ2v) is 4.49. The molecule has 1 aromatic heterocycles. The minimum atomic E-state index is -0.677. The van der Waals surface area contributed by atoms with E-state index in [2.05, 4.69) is 4.99 Å². The van der Waals surface area contributed by atoms with E-state index in [0.717, 1.165) is 0 Å². The zero-order valence-corrected chi connectivity index (χ0v) is 11.3. The van der Waals surface area contributed by atoms with Crippen LogP contribution in [0.3, 0.4) is 0 Å². The number of hydrogen-bond acceptors (Lipinski definition) is 6. The maximum absolute atomic E-state index is 11.7. The van der Waals surface area contributed by atoms with Crippen molar-refractivity contribution in [1.82, 2.24) is 0 Å². The predicted octanol–water partition coefficient (Wildman–Crippen LogP) is 1.28. The molecule has 0 bridgehead atoms. The van der Waals surface area contributed by atoms with Gasteiger partial charge >= 0.3 is 0 Å². The number of hydrogen-bond donors (Lipinski definition) is 2. The van der Waals surface area contributed by atoms with Gasteiger partial charge in [0, 0.05) is 5.69 Å². The van der Waals surface area contributed by atoms with E-state index in [1.54, 1.807) is 42.3 Å². The first-order chi connectivity index (χ1) is 10.1. The third-order valence-corrected chi connectivity index (χ3v) is 3.28. The van der Waals surface area contributed by atoms with Crippen LogP contribution in [0.2, 0.25) is 0 Å². The number of primary amides is 1. The molecule has 2 aromatic rings. The van der Waals surface area contributed by atoms with Gasteiger partial charge in [-0.05, 0) is 30.3 Å². The fourth-order valence-electron chi connectivity index (χ4n) is 2.25. The number of amides is 1. The summed E-state index contributed by atoms with van der Waals surface area (Å²) in [4.78, 5) is 17.4.